The van der Waals surface area contributed by atoms with Crippen LogP contribution in [-0.2, 0) is 0 Å². The molecule has 0 aliphatic carbocycles. The molecular weight excluding hydrogens is 225 g/mol. The van der Waals surface area contributed by atoms with Crippen molar-refractivity contribution < 1.29 is 13.2 Å². The van der Waals surface area contributed by atoms with Gasteiger partial charge in [0.2, 0.25) is 0 Å². The third-order valence-electron chi connectivity index (χ3n) is 2.42. The second-order valence-corrected chi connectivity index (χ2v) is 4.45. The van der Waals surface area contributed by atoms with E-state index in [1.807, 2.05) is 0 Å². The third kappa shape index (κ3) is 9.04. The summed E-state index contributed by atoms with van der Waals surface area (Å²) >= 11 is 5.19. The van der Waals surface area contributed by atoms with Gasteiger partial charge in [0.1, 0.15) is 5.38 Å². The molecule has 0 nitrogen and oxygen atoms in total. The van der Waals surface area contributed by atoms with Crippen LogP contribution in [0.3, 0.4) is 0 Å². The SMILES string of the molecule is CCCCCCCCCC(Cl)C(F)(F)F. The Morgan fingerprint density at radius 3 is 1.87 bits per heavy atom. The van der Waals surface area contributed by atoms with E-state index in [-0.39, 0.29) is 6.42 Å². The highest BCUT2D eigenvalue weighted by atomic mass is 35.5. The Labute approximate surface area is 95.2 Å². The van der Waals surface area contributed by atoms with Crippen LogP contribution in [0.25, 0.3) is 0 Å². The monoisotopic (exact) mass is 244 g/mol. The Balaban J connectivity index is 3.24. The van der Waals surface area contributed by atoms with Crippen LogP contribution in [0.4, 0.5) is 13.2 Å². The molecular formula is C11H20ClF3. The van der Waals surface area contributed by atoms with E-state index >= 15 is 0 Å². The first-order valence-electron chi connectivity index (χ1n) is 5.69. The summed E-state index contributed by atoms with van der Waals surface area (Å²) in [5.74, 6) is 0. The molecule has 0 fully saturated rings. The fourth-order valence-electron chi connectivity index (χ4n) is 1.44. The lowest BCUT2D eigenvalue weighted by molar-refractivity contribution is -0.131. The number of alkyl halides is 4. The van der Waals surface area contributed by atoms with Crippen LogP contribution in [-0.4, -0.2) is 11.6 Å². The largest absolute Gasteiger partial charge is 0.404 e. The van der Waals surface area contributed by atoms with Crippen LogP contribution < -0.4 is 0 Å². The Morgan fingerprint density at radius 1 is 0.933 bits per heavy atom. The molecule has 0 aliphatic rings. The van der Waals surface area contributed by atoms with E-state index in [9.17, 15) is 13.2 Å². The summed E-state index contributed by atoms with van der Waals surface area (Å²) in [6.07, 6.45) is 3.04. The molecule has 0 heterocycles. The zero-order chi connectivity index (χ0) is 11.7. The molecule has 0 bridgehead atoms. The molecule has 0 rings (SSSR count). The highest BCUT2D eigenvalue weighted by molar-refractivity contribution is 6.21. The Bertz CT molecular complexity index is 145. The van der Waals surface area contributed by atoms with Crippen LogP contribution in [0.15, 0.2) is 0 Å². The summed E-state index contributed by atoms with van der Waals surface area (Å²) in [5, 5.41) is -1.66. The summed E-state index contributed by atoms with van der Waals surface area (Å²) < 4.78 is 36.0. The molecule has 0 radical (unpaired) electrons. The minimum absolute atomic E-state index is 0.0544. The maximum Gasteiger partial charge on any atom is 0.404 e. The molecule has 0 saturated heterocycles. The van der Waals surface area contributed by atoms with E-state index in [1.165, 1.54) is 19.3 Å². The molecule has 1 atom stereocenters. The van der Waals surface area contributed by atoms with Crippen LogP contribution >= 0.6 is 11.6 Å². The average molecular weight is 245 g/mol. The smallest absolute Gasteiger partial charge is 0.169 e. The van der Waals surface area contributed by atoms with Crippen molar-refractivity contribution in [3.05, 3.63) is 0 Å². The molecule has 0 aromatic heterocycles. The lowest BCUT2D eigenvalue weighted by atomic mass is 10.1. The summed E-state index contributed by atoms with van der Waals surface area (Å²) in [6.45, 7) is 2.14. The first-order valence-corrected chi connectivity index (χ1v) is 6.13. The van der Waals surface area contributed by atoms with Gasteiger partial charge in [0.25, 0.3) is 0 Å². The zero-order valence-electron chi connectivity index (χ0n) is 9.25. The van der Waals surface area contributed by atoms with Crippen molar-refractivity contribution in [1.82, 2.24) is 0 Å². The van der Waals surface area contributed by atoms with Gasteiger partial charge in [0, 0.05) is 0 Å². The van der Waals surface area contributed by atoms with Crippen LogP contribution in [0.1, 0.15) is 58.3 Å². The summed E-state index contributed by atoms with van der Waals surface area (Å²) in [6, 6.07) is 0. The lowest BCUT2D eigenvalue weighted by Crippen LogP contribution is -2.22. The summed E-state index contributed by atoms with van der Waals surface area (Å²) in [5.41, 5.74) is 0. The molecule has 4 heteroatoms. The summed E-state index contributed by atoms with van der Waals surface area (Å²) in [4.78, 5) is 0. The molecule has 0 aromatic carbocycles. The second kappa shape index (κ2) is 8.26. The van der Waals surface area contributed by atoms with E-state index in [2.05, 4.69) is 6.92 Å². The first-order chi connectivity index (χ1) is 6.98. The average Bonchev–Trinajstić information content (AvgIpc) is 2.14. The summed E-state index contributed by atoms with van der Waals surface area (Å²) in [7, 11) is 0. The molecule has 15 heavy (non-hydrogen) atoms. The fourth-order valence-corrected chi connectivity index (χ4v) is 1.60. The van der Waals surface area contributed by atoms with E-state index in [4.69, 9.17) is 11.6 Å². The molecule has 0 N–H and O–H groups in total. The lowest BCUT2D eigenvalue weighted by Gasteiger charge is -2.12. The van der Waals surface area contributed by atoms with Crippen molar-refractivity contribution in [3.63, 3.8) is 0 Å². The molecule has 0 spiro atoms. The topological polar surface area (TPSA) is 0 Å². The Morgan fingerprint density at radius 2 is 1.40 bits per heavy atom. The van der Waals surface area contributed by atoms with Crippen LogP contribution in [0, 0.1) is 0 Å². The van der Waals surface area contributed by atoms with Gasteiger partial charge in [-0.25, -0.2) is 0 Å². The molecule has 0 aromatic rings. The molecule has 1 unspecified atom stereocenters. The van der Waals surface area contributed by atoms with Gasteiger partial charge in [-0.2, -0.15) is 13.2 Å². The van der Waals surface area contributed by atoms with Crippen molar-refractivity contribution in [3.8, 4) is 0 Å². The Hall–Kier alpha value is 0.0800. The molecule has 0 amide bonds. The van der Waals surface area contributed by atoms with E-state index in [0.717, 1.165) is 19.3 Å². The highest BCUT2D eigenvalue weighted by Gasteiger charge is 2.37. The van der Waals surface area contributed by atoms with Crippen molar-refractivity contribution in [2.24, 2.45) is 0 Å². The minimum atomic E-state index is -4.23. The third-order valence-corrected chi connectivity index (χ3v) is 2.88. The molecule has 0 aliphatic heterocycles. The normalized spacial score (nSPS) is 14.2. The highest BCUT2D eigenvalue weighted by Crippen LogP contribution is 2.28. The van der Waals surface area contributed by atoms with E-state index in [1.54, 1.807) is 0 Å². The maximum atomic E-state index is 12.0. The van der Waals surface area contributed by atoms with Gasteiger partial charge in [-0.1, -0.05) is 51.9 Å². The van der Waals surface area contributed by atoms with Crippen molar-refractivity contribution >= 4 is 11.6 Å². The molecule has 92 valence electrons. The molecule has 0 saturated carbocycles. The first kappa shape index (κ1) is 15.1. The van der Waals surface area contributed by atoms with E-state index in [0.29, 0.717) is 6.42 Å². The number of unbranched alkanes of at least 4 members (excludes halogenated alkanes) is 6. The quantitative estimate of drug-likeness (QED) is 0.402. The van der Waals surface area contributed by atoms with Gasteiger partial charge in [-0.05, 0) is 6.42 Å². The number of rotatable bonds is 8. The van der Waals surface area contributed by atoms with Gasteiger partial charge < -0.3 is 0 Å². The van der Waals surface area contributed by atoms with Gasteiger partial charge in [-0.3, -0.25) is 0 Å². The number of halogens is 4. The van der Waals surface area contributed by atoms with Gasteiger partial charge in [0.15, 0.2) is 0 Å². The fraction of sp³-hybridized carbons (Fsp3) is 1.00. The van der Waals surface area contributed by atoms with E-state index < -0.39 is 11.6 Å². The van der Waals surface area contributed by atoms with Crippen molar-refractivity contribution in [2.45, 2.75) is 69.8 Å². The van der Waals surface area contributed by atoms with Crippen molar-refractivity contribution in [1.29, 1.82) is 0 Å². The van der Waals surface area contributed by atoms with Crippen LogP contribution in [0.2, 0.25) is 0 Å². The zero-order valence-corrected chi connectivity index (χ0v) is 10.0. The standard InChI is InChI=1S/C11H20ClF3/c1-2-3-4-5-6-7-8-9-10(12)11(13,14)15/h10H,2-9H2,1H3. The van der Waals surface area contributed by atoms with Gasteiger partial charge >= 0.3 is 6.18 Å². The number of hydrogen-bond acceptors (Lipinski definition) is 0. The predicted octanol–water partition coefficient (Wildman–Crippen LogP) is 5.30. The van der Waals surface area contributed by atoms with Crippen molar-refractivity contribution in [2.75, 3.05) is 0 Å². The van der Waals surface area contributed by atoms with Gasteiger partial charge in [0.05, 0.1) is 0 Å². The van der Waals surface area contributed by atoms with Crippen LogP contribution in [0.5, 0.6) is 0 Å². The van der Waals surface area contributed by atoms with Gasteiger partial charge in [-0.15, -0.1) is 11.6 Å². The Kier molecular flexibility index (Phi) is 8.30. The minimum Gasteiger partial charge on any atom is -0.169 e. The number of hydrogen-bond donors (Lipinski definition) is 0. The predicted molar refractivity (Wildman–Crippen MR) is 58.3 cm³/mol. The second-order valence-electron chi connectivity index (χ2n) is 3.92. The maximum absolute atomic E-state index is 12.0.